The first-order chi connectivity index (χ1) is 20.4. The number of nitrogens with zero attached hydrogens (tertiary/aromatic N) is 1. The van der Waals surface area contributed by atoms with Crippen molar-refractivity contribution in [1.82, 2.24) is 4.57 Å². The Bertz CT molecular complexity index is 2300. The smallest absolute Gasteiger partial charge is 0.0547 e. The molecule has 41 heavy (non-hydrogen) atoms. The maximum Gasteiger partial charge on any atom is 0.0547 e. The van der Waals surface area contributed by atoms with E-state index in [9.17, 15) is 0 Å². The average Bonchev–Trinajstić information content (AvgIpc) is 3.55. The minimum absolute atomic E-state index is 1.18. The Morgan fingerprint density at radius 1 is 0.341 bits per heavy atom. The monoisotopic (exact) mass is 519 g/mol. The molecule has 1 aliphatic rings. The number of hydrogen-bond donors (Lipinski definition) is 0. The van der Waals surface area contributed by atoms with Crippen molar-refractivity contribution in [3.63, 3.8) is 0 Å². The molecule has 0 spiro atoms. The van der Waals surface area contributed by atoms with Crippen LogP contribution in [0.25, 0.3) is 82.8 Å². The lowest BCUT2D eigenvalue weighted by atomic mass is 9.90. The SMILES string of the molecule is c1ccc(-n2c3ccccc3c3c(-c4ccccc4-c4ccc5c(c4)-c4cccc6cccc-5c46)cccc32)cc1. The van der Waals surface area contributed by atoms with Crippen molar-refractivity contribution in [2.75, 3.05) is 0 Å². The number of aromatic nitrogens is 1. The molecule has 0 aliphatic heterocycles. The number of benzene rings is 7. The molecule has 9 rings (SSSR count). The summed E-state index contributed by atoms with van der Waals surface area (Å²) in [6, 6.07) is 55.4. The van der Waals surface area contributed by atoms with E-state index in [1.807, 2.05) is 0 Å². The maximum absolute atomic E-state index is 2.40. The summed E-state index contributed by atoms with van der Waals surface area (Å²) in [6.07, 6.45) is 0. The van der Waals surface area contributed by atoms with Crippen LogP contribution in [0.3, 0.4) is 0 Å². The highest BCUT2D eigenvalue weighted by molar-refractivity contribution is 6.18. The average molecular weight is 520 g/mol. The second-order valence-electron chi connectivity index (χ2n) is 10.9. The molecule has 1 heteroatoms. The minimum Gasteiger partial charge on any atom is -0.309 e. The first kappa shape index (κ1) is 22.4. The van der Waals surface area contributed by atoms with Crippen LogP contribution < -0.4 is 0 Å². The molecule has 0 amide bonds. The molecule has 0 saturated heterocycles. The fourth-order valence-corrected chi connectivity index (χ4v) is 7.03. The molecule has 1 aliphatic carbocycles. The topological polar surface area (TPSA) is 4.93 Å². The largest absolute Gasteiger partial charge is 0.309 e. The van der Waals surface area contributed by atoms with Crippen LogP contribution in [-0.2, 0) is 0 Å². The minimum atomic E-state index is 1.18. The molecular weight excluding hydrogens is 494 g/mol. The highest BCUT2D eigenvalue weighted by Gasteiger charge is 2.22. The lowest BCUT2D eigenvalue weighted by Crippen LogP contribution is -1.93. The molecule has 0 fully saturated rings. The van der Waals surface area contributed by atoms with E-state index in [4.69, 9.17) is 0 Å². The molecule has 0 unspecified atom stereocenters. The number of para-hydroxylation sites is 2. The molecule has 0 bridgehead atoms. The van der Waals surface area contributed by atoms with Gasteiger partial charge in [-0.15, -0.1) is 0 Å². The van der Waals surface area contributed by atoms with Crippen molar-refractivity contribution in [3.8, 4) is 50.2 Å². The highest BCUT2D eigenvalue weighted by Crippen LogP contribution is 2.49. The molecule has 1 nitrogen and oxygen atoms in total. The summed E-state index contributed by atoms with van der Waals surface area (Å²) >= 11 is 0. The number of fused-ring (bicyclic) bond motifs is 6. The van der Waals surface area contributed by atoms with Crippen molar-refractivity contribution in [1.29, 1.82) is 0 Å². The molecule has 0 atom stereocenters. The molecule has 190 valence electrons. The van der Waals surface area contributed by atoms with E-state index in [0.717, 1.165) is 0 Å². The van der Waals surface area contributed by atoms with E-state index in [0.29, 0.717) is 0 Å². The Morgan fingerprint density at radius 3 is 1.76 bits per heavy atom. The van der Waals surface area contributed by atoms with Crippen molar-refractivity contribution < 1.29 is 0 Å². The standard InChI is InChI=1S/C40H25N/c1-2-13-28(14-3-1)41-37-21-7-6-17-35(37)40-33(20-10-22-38(40)41)30-16-5-4-15-29(30)27-23-24-31-32-18-8-11-26-12-9-19-34(39(26)32)36(31)25-27/h1-25H. The van der Waals surface area contributed by atoms with Gasteiger partial charge < -0.3 is 4.57 Å². The Hall–Kier alpha value is -5.40. The molecular formula is C40H25N. The normalized spacial score (nSPS) is 11.9. The maximum atomic E-state index is 2.40. The van der Waals surface area contributed by atoms with E-state index in [-0.39, 0.29) is 0 Å². The van der Waals surface area contributed by atoms with Gasteiger partial charge in [-0.05, 0) is 85.6 Å². The fourth-order valence-electron chi connectivity index (χ4n) is 7.03. The summed E-state index contributed by atoms with van der Waals surface area (Å²) in [5.74, 6) is 0. The van der Waals surface area contributed by atoms with Crippen LogP contribution in [0, 0.1) is 0 Å². The van der Waals surface area contributed by atoms with Crippen LogP contribution in [0.1, 0.15) is 0 Å². The summed E-state index contributed by atoms with van der Waals surface area (Å²) in [7, 11) is 0. The molecule has 0 N–H and O–H groups in total. The Kier molecular flexibility index (Phi) is 4.67. The van der Waals surface area contributed by atoms with E-state index in [2.05, 4.69) is 156 Å². The van der Waals surface area contributed by atoms with Crippen molar-refractivity contribution >= 4 is 32.6 Å². The summed E-state index contributed by atoms with van der Waals surface area (Å²) in [6.45, 7) is 0. The van der Waals surface area contributed by atoms with Gasteiger partial charge in [0.25, 0.3) is 0 Å². The van der Waals surface area contributed by atoms with Crippen LogP contribution in [0.4, 0.5) is 0 Å². The summed E-state index contributed by atoms with van der Waals surface area (Å²) < 4.78 is 2.39. The van der Waals surface area contributed by atoms with Crippen LogP contribution in [0.5, 0.6) is 0 Å². The van der Waals surface area contributed by atoms with Gasteiger partial charge in [-0.2, -0.15) is 0 Å². The Labute approximate surface area is 238 Å². The third-order valence-electron chi connectivity index (χ3n) is 8.74. The van der Waals surface area contributed by atoms with Crippen molar-refractivity contribution in [2.45, 2.75) is 0 Å². The zero-order valence-corrected chi connectivity index (χ0v) is 22.4. The van der Waals surface area contributed by atoms with Gasteiger partial charge in [0.15, 0.2) is 0 Å². The molecule has 1 aromatic heterocycles. The molecule has 7 aromatic carbocycles. The van der Waals surface area contributed by atoms with E-state index < -0.39 is 0 Å². The molecule has 0 radical (unpaired) electrons. The molecule has 1 heterocycles. The fraction of sp³-hybridized carbons (Fsp3) is 0. The van der Waals surface area contributed by atoms with Gasteiger partial charge in [-0.25, -0.2) is 0 Å². The summed E-state index contributed by atoms with van der Waals surface area (Å²) in [4.78, 5) is 0. The van der Waals surface area contributed by atoms with Gasteiger partial charge in [0.1, 0.15) is 0 Å². The first-order valence-electron chi connectivity index (χ1n) is 14.2. The Balaban J connectivity index is 1.29. The zero-order valence-electron chi connectivity index (χ0n) is 22.4. The third kappa shape index (κ3) is 3.18. The summed E-state index contributed by atoms with van der Waals surface area (Å²) in [5, 5.41) is 5.24. The predicted molar refractivity (Wildman–Crippen MR) is 174 cm³/mol. The van der Waals surface area contributed by atoms with Gasteiger partial charge in [-0.3, -0.25) is 0 Å². The van der Waals surface area contributed by atoms with E-state index in [1.165, 1.54) is 82.8 Å². The van der Waals surface area contributed by atoms with Crippen LogP contribution in [0.15, 0.2) is 152 Å². The van der Waals surface area contributed by atoms with Gasteiger partial charge in [-0.1, -0.05) is 121 Å². The van der Waals surface area contributed by atoms with Crippen molar-refractivity contribution in [3.05, 3.63) is 152 Å². The second kappa shape index (κ2) is 8.55. The Morgan fingerprint density at radius 2 is 0.927 bits per heavy atom. The first-order valence-corrected chi connectivity index (χ1v) is 14.2. The molecule has 8 aromatic rings. The van der Waals surface area contributed by atoms with Crippen LogP contribution in [0.2, 0.25) is 0 Å². The number of hydrogen-bond acceptors (Lipinski definition) is 0. The van der Waals surface area contributed by atoms with Crippen LogP contribution in [-0.4, -0.2) is 4.57 Å². The highest BCUT2D eigenvalue weighted by atomic mass is 15.0. The van der Waals surface area contributed by atoms with Gasteiger partial charge in [0, 0.05) is 16.5 Å². The van der Waals surface area contributed by atoms with Gasteiger partial charge in [0.2, 0.25) is 0 Å². The van der Waals surface area contributed by atoms with Crippen molar-refractivity contribution in [2.24, 2.45) is 0 Å². The lowest BCUT2D eigenvalue weighted by Gasteiger charge is -2.14. The quantitative estimate of drug-likeness (QED) is 0.219. The summed E-state index contributed by atoms with van der Waals surface area (Å²) in [5.41, 5.74) is 14.0. The molecule has 0 saturated carbocycles. The third-order valence-corrected chi connectivity index (χ3v) is 8.74. The van der Waals surface area contributed by atoms with Gasteiger partial charge >= 0.3 is 0 Å². The number of rotatable bonds is 3. The van der Waals surface area contributed by atoms with Crippen LogP contribution >= 0.6 is 0 Å². The zero-order chi connectivity index (χ0) is 26.9. The van der Waals surface area contributed by atoms with E-state index >= 15 is 0 Å². The van der Waals surface area contributed by atoms with Gasteiger partial charge in [0.05, 0.1) is 11.0 Å². The lowest BCUT2D eigenvalue weighted by molar-refractivity contribution is 1.18. The predicted octanol–water partition coefficient (Wildman–Crippen LogP) is 10.9. The van der Waals surface area contributed by atoms with E-state index in [1.54, 1.807) is 0 Å². The second-order valence-corrected chi connectivity index (χ2v) is 10.9.